The van der Waals surface area contributed by atoms with E-state index < -0.39 is 17.8 Å². The molecule has 0 radical (unpaired) electrons. The van der Waals surface area contributed by atoms with Crippen LogP contribution in [-0.4, -0.2) is 28.0 Å². The topological polar surface area (TPSA) is 85.2 Å². The summed E-state index contributed by atoms with van der Waals surface area (Å²) in [6, 6.07) is 12.4. The number of carbonyl (C=O) groups is 2. The average molecular weight is 422 g/mol. The first-order chi connectivity index (χ1) is 15.0. The van der Waals surface area contributed by atoms with Crippen LogP contribution in [0, 0.1) is 11.7 Å². The lowest BCUT2D eigenvalue weighted by molar-refractivity contribution is -0.123. The third kappa shape index (κ3) is 5.09. The Morgan fingerprint density at radius 1 is 1.23 bits per heavy atom. The van der Waals surface area contributed by atoms with Crippen molar-refractivity contribution in [2.75, 3.05) is 11.9 Å². The Balaban J connectivity index is 1.42. The van der Waals surface area contributed by atoms with E-state index in [4.69, 9.17) is 4.74 Å². The molecule has 1 fully saturated rings. The first-order valence-electron chi connectivity index (χ1n) is 10.1. The Bertz CT molecular complexity index is 1090. The smallest absolute Gasteiger partial charge is 0.258 e. The SMILES string of the molecule is Cn1ccnc1C(NC(=O)COc1cccc(NC(=O)C2CC2)c1)c1ccccc1F. The zero-order valence-corrected chi connectivity index (χ0v) is 17.0. The van der Waals surface area contributed by atoms with Gasteiger partial charge >= 0.3 is 0 Å². The number of ether oxygens (including phenoxy) is 1. The second-order valence-corrected chi connectivity index (χ2v) is 7.50. The van der Waals surface area contributed by atoms with Crippen LogP contribution < -0.4 is 15.4 Å². The number of aryl methyl sites for hydroxylation is 1. The third-order valence-electron chi connectivity index (χ3n) is 5.06. The van der Waals surface area contributed by atoms with Crippen LogP contribution >= 0.6 is 0 Å². The molecule has 2 N–H and O–H groups in total. The van der Waals surface area contributed by atoms with Gasteiger partial charge in [-0.05, 0) is 31.0 Å². The minimum atomic E-state index is -0.763. The van der Waals surface area contributed by atoms with Crippen LogP contribution in [0.3, 0.4) is 0 Å². The van der Waals surface area contributed by atoms with Gasteiger partial charge in [-0.15, -0.1) is 0 Å². The minimum absolute atomic E-state index is 0.00214. The van der Waals surface area contributed by atoms with Crippen molar-refractivity contribution in [3.05, 3.63) is 78.1 Å². The fraction of sp³-hybridized carbons (Fsp3) is 0.261. The number of carbonyl (C=O) groups excluding carboxylic acids is 2. The molecule has 1 aromatic heterocycles. The number of benzene rings is 2. The van der Waals surface area contributed by atoms with Gasteiger partial charge in [0.25, 0.3) is 5.91 Å². The molecular weight excluding hydrogens is 399 g/mol. The molecule has 7 nitrogen and oxygen atoms in total. The quantitative estimate of drug-likeness (QED) is 0.584. The maximum atomic E-state index is 14.4. The van der Waals surface area contributed by atoms with Crippen molar-refractivity contribution in [3.63, 3.8) is 0 Å². The van der Waals surface area contributed by atoms with E-state index in [0.29, 0.717) is 22.8 Å². The van der Waals surface area contributed by atoms with Gasteiger partial charge in [-0.2, -0.15) is 0 Å². The predicted molar refractivity (Wildman–Crippen MR) is 113 cm³/mol. The molecule has 2 amide bonds. The molecule has 8 heteroatoms. The first-order valence-corrected chi connectivity index (χ1v) is 10.1. The zero-order chi connectivity index (χ0) is 21.8. The summed E-state index contributed by atoms with van der Waals surface area (Å²) in [5.41, 5.74) is 0.932. The molecule has 1 unspecified atom stereocenters. The molecule has 1 heterocycles. The van der Waals surface area contributed by atoms with Crippen molar-refractivity contribution in [1.82, 2.24) is 14.9 Å². The van der Waals surface area contributed by atoms with Crippen LogP contribution in [0.1, 0.15) is 30.3 Å². The average Bonchev–Trinajstić information content (AvgIpc) is 3.53. The lowest BCUT2D eigenvalue weighted by Crippen LogP contribution is -2.35. The highest BCUT2D eigenvalue weighted by Gasteiger charge is 2.29. The van der Waals surface area contributed by atoms with Crippen molar-refractivity contribution in [3.8, 4) is 5.75 Å². The lowest BCUT2D eigenvalue weighted by atomic mass is 10.1. The molecule has 31 heavy (non-hydrogen) atoms. The standard InChI is InChI=1S/C23H23FN4O3/c1-28-12-11-25-22(28)21(18-7-2-3-8-19(18)24)27-20(29)14-31-17-6-4-5-16(13-17)26-23(30)15-9-10-15/h2-8,11-13,15,21H,9-10,14H2,1H3,(H,26,30)(H,27,29). The van der Waals surface area contributed by atoms with Crippen molar-refractivity contribution in [1.29, 1.82) is 0 Å². The normalized spacial score (nSPS) is 14.0. The van der Waals surface area contributed by atoms with Crippen molar-refractivity contribution in [2.45, 2.75) is 18.9 Å². The van der Waals surface area contributed by atoms with E-state index in [9.17, 15) is 14.0 Å². The highest BCUT2D eigenvalue weighted by atomic mass is 19.1. The molecule has 0 bridgehead atoms. The van der Waals surface area contributed by atoms with E-state index >= 15 is 0 Å². The summed E-state index contributed by atoms with van der Waals surface area (Å²) >= 11 is 0. The van der Waals surface area contributed by atoms with Crippen molar-refractivity contribution in [2.24, 2.45) is 13.0 Å². The number of amides is 2. The van der Waals surface area contributed by atoms with E-state index in [2.05, 4.69) is 15.6 Å². The number of imidazole rings is 1. The first kappa shape index (κ1) is 20.6. The second-order valence-electron chi connectivity index (χ2n) is 7.50. The number of anilines is 1. The molecular formula is C23H23FN4O3. The molecule has 1 saturated carbocycles. The van der Waals surface area contributed by atoms with Gasteiger partial charge in [0.1, 0.15) is 23.4 Å². The molecule has 0 aliphatic heterocycles. The summed E-state index contributed by atoms with van der Waals surface area (Å²) in [4.78, 5) is 28.8. The fourth-order valence-electron chi connectivity index (χ4n) is 3.25. The maximum Gasteiger partial charge on any atom is 0.258 e. The van der Waals surface area contributed by atoms with Crippen LogP contribution in [-0.2, 0) is 16.6 Å². The van der Waals surface area contributed by atoms with Gasteiger partial charge in [0.05, 0.1) is 0 Å². The van der Waals surface area contributed by atoms with Crippen LogP contribution in [0.25, 0.3) is 0 Å². The van der Waals surface area contributed by atoms with E-state index in [1.807, 2.05) is 0 Å². The summed E-state index contributed by atoms with van der Waals surface area (Å²) in [7, 11) is 1.78. The summed E-state index contributed by atoms with van der Waals surface area (Å²) in [5.74, 6) is 0.181. The Labute approximate surface area is 179 Å². The van der Waals surface area contributed by atoms with Gasteiger partial charge < -0.3 is 19.9 Å². The van der Waals surface area contributed by atoms with Crippen LogP contribution in [0.2, 0.25) is 0 Å². The number of nitrogens with zero attached hydrogens (tertiary/aromatic N) is 2. The van der Waals surface area contributed by atoms with Gasteiger partial charge in [0, 0.05) is 42.7 Å². The molecule has 1 aliphatic carbocycles. The van der Waals surface area contributed by atoms with E-state index in [1.165, 1.54) is 6.07 Å². The summed E-state index contributed by atoms with van der Waals surface area (Å²) in [6.45, 7) is -0.268. The highest BCUT2D eigenvalue weighted by Crippen LogP contribution is 2.30. The largest absolute Gasteiger partial charge is 0.484 e. The summed E-state index contributed by atoms with van der Waals surface area (Å²) < 4.78 is 21.7. The lowest BCUT2D eigenvalue weighted by Gasteiger charge is -2.20. The Hall–Kier alpha value is -3.68. The van der Waals surface area contributed by atoms with E-state index in [1.54, 1.807) is 66.5 Å². The van der Waals surface area contributed by atoms with E-state index in [0.717, 1.165) is 12.8 Å². The van der Waals surface area contributed by atoms with Gasteiger partial charge in [-0.3, -0.25) is 9.59 Å². The number of rotatable bonds is 8. The highest BCUT2D eigenvalue weighted by molar-refractivity contribution is 5.94. The molecule has 160 valence electrons. The van der Waals surface area contributed by atoms with Gasteiger partial charge in [-0.1, -0.05) is 24.3 Å². The van der Waals surface area contributed by atoms with Crippen molar-refractivity contribution >= 4 is 17.5 Å². The maximum absolute atomic E-state index is 14.4. The third-order valence-corrected chi connectivity index (χ3v) is 5.06. The molecule has 1 atom stereocenters. The second kappa shape index (κ2) is 8.99. The number of aromatic nitrogens is 2. The number of hydrogen-bond donors (Lipinski definition) is 2. The molecule has 4 rings (SSSR count). The van der Waals surface area contributed by atoms with Crippen LogP contribution in [0.15, 0.2) is 60.9 Å². The van der Waals surface area contributed by atoms with E-state index in [-0.39, 0.29) is 18.4 Å². The molecule has 1 aliphatic rings. The molecule has 0 spiro atoms. The Morgan fingerprint density at radius 3 is 2.74 bits per heavy atom. The van der Waals surface area contributed by atoms with Gasteiger partial charge in [0.15, 0.2) is 6.61 Å². The minimum Gasteiger partial charge on any atom is -0.484 e. The van der Waals surface area contributed by atoms with Crippen molar-refractivity contribution < 1.29 is 18.7 Å². The molecule has 3 aromatic rings. The Kier molecular flexibility index (Phi) is 5.97. The predicted octanol–water partition coefficient (Wildman–Crippen LogP) is 3.19. The van der Waals surface area contributed by atoms with Crippen LogP contribution in [0.4, 0.5) is 10.1 Å². The summed E-state index contributed by atoms with van der Waals surface area (Å²) in [5, 5.41) is 5.65. The van der Waals surface area contributed by atoms with Gasteiger partial charge in [-0.25, -0.2) is 9.37 Å². The zero-order valence-electron chi connectivity index (χ0n) is 17.0. The molecule has 2 aromatic carbocycles. The van der Waals surface area contributed by atoms with Crippen LogP contribution in [0.5, 0.6) is 5.75 Å². The van der Waals surface area contributed by atoms with Gasteiger partial charge in [0.2, 0.25) is 5.91 Å². The summed E-state index contributed by atoms with van der Waals surface area (Å²) in [6.07, 6.45) is 5.16. The molecule has 0 saturated heterocycles. The monoisotopic (exact) mass is 422 g/mol. The number of halogens is 1. The Morgan fingerprint density at radius 2 is 2.03 bits per heavy atom. The number of nitrogens with one attached hydrogen (secondary N) is 2. The fourth-order valence-corrected chi connectivity index (χ4v) is 3.25. The number of hydrogen-bond acceptors (Lipinski definition) is 4.